The van der Waals surface area contributed by atoms with Crippen molar-refractivity contribution in [1.29, 1.82) is 0 Å². The molecule has 102 valence electrons. The molecule has 0 radical (unpaired) electrons. The molecule has 2 N–H and O–H groups in total. The van der Waals surface area contributed by atoms with Crippen molar-refractivity contribution in [2.24, 2.45) is 5.92 Å². The number of nitrogens with one attached hydrogen (secondary N) is 1. The second kappa shape index (κ2) is 4.58. The third-order valence-electron chi connectivity index (χ3n) is 3.74. The molecule has 2 atom stereocenters. The number of carbonyl (C=O) groups is 1. The zero-order valence-electron chi connectivity index (χ0n) is 10.4. The van der Waals surface area contributed by atoms with Gasteiger partial charge in [0.2, 0.25) is 6.79 Å². The molecule has 2 aliphatic rings. The fourth-order valence-electron chi connectivity index (χ4n) is 2.70. The summed E-state index contributed by atoms with van der Waals surface area (Å²) in [5.74, 6) is 0.131. The maximum Gasteiger partial charge on any atom is 0.307 e. The van der Waals surface area contributed by atoms with Gasteiger partial charge in [0.25, 0.3) is 0 Å². The standard InChI is InChI=1S/C13H14ClNO4/c1-6-8(10-2-7(4-15-10)13(16)17)3-9(14)12-11(6)18-5-19-12/h3,7,10,15H,2,4-5H2,1H3,(H,16,17). The van der Waals surface area contributed by atoms with E-state index >= 15 is 0 Å². The summed E-state index contributed by atoms with van der Waals surface area (Å²) in [6, 6.07) is 1.83. The van der Waals surface area contributed by atoms with E-state index in [1.807, 2.05) is 13.0 Å². The van der Waals surface area contributed by atoms with Gasteiger partial charge in [-0.3, -0.25) is 4.79 Å². The van der Waals surface area contributed by atoms with E-state index in [-0.39, 0.29) is 18.8 Å². The van der Waals surface area contributed by atoms with Gasteiger partial charge in [-0.1, -0.05) is 11.6 Å². The van der Waals surface area contributed by atoms with E-state index in [0.717, 1.165) is 11.1 Å². The number of carboxylic acids is 1. The highest BCUT2D eigenvalue weighted by Gasteiger charge is 2.33. The van der Waals surface area contributed by atoms with Crippen LogP contribution in [0.5, 0.6) is 11.5 Å². The van der Waals surface area contributed by atoms with E-state index in [0.29, 0.717) is 29.5 Å². The first kappa shape index (κ1) is 12.6. The molecule has 1 saturated heterocycles. The Morgan fingerprint density at radius 2 is 2.21 bits per heavy atom. The van der Waals surface area contributed by atoms with Crippen LogP contribution in [-0.4, -0.2) is 24.4 Å². The molecule has 19 heavy (non-hydrogen) atoms. The van der Waals surface area contributed by atoms with E-state index in [1.165, 1.54) is 0 Å². The Bertz CT molecular complexity index is 546. The molecule has 6 heteroatoms. The highest BCUT2D eigenvalue weighted by atomic mass is 35.5. The summed E-state index contributed by atoms with van der Waals surface area (Å²) >= 11 is 6.18. The van der Waals surface area contributed by atoms with Crippen molar-refractivity contribution in [3.63, 3.8) is 0 Å². The van der Waals surface area contributed by atoms with Crippen molar-refractivity contribution in [3.8, 4) is 11.5 Å². The Kier molecular flexibility index (Phi) is 3.03. The van der Waals surface area contributed by atoms with Gasteiger partial charge in [-0.15, -0.1) is 0 Å². The highest BCUT2D eigenvalue weighted by Crippen LogP contribution is 2.45. The summed E-state index contributed by atoms with van der Waals surface area (Å²) in [6.45, 7) is 2.59. The number of fused-ring (bicyclic) bond motifs is 1. The van der Waals surface area contributed by atoms with Gasteiger partial charge in [-0.05, 0) is 30.5 Å². The van der Waals surface area contributed by atoms with Gasteiger partial charge in [0.15, 0.2) is 11.5 Å². The fraction of sp³-hybridized carbons (Fsp3) is 0.462. The number of benzene rings is 1. The Balaban J connectivity index is 1.94. The summed E-state index contributed by atoms with van der Waals surface area (Å²) in [5, 5.41) is 12.8. The molecule has 1 aromatic carbocycles. The van der Waals surface area contributed by atoms with Gasteiger partial charge >= 0.3 is 5.97 Å². The van der Waals surface area contributed by atoms with Crippen LogP contribution in [0.1, 0.15) is 23.6 Å². The van der Waals surface area contributed by atoms with Crippen molar-refractivity contribution < 1.29 is 19.4 Å². The van der Waals surface area contributed by atoms with Gasteiger partial charge in [0, 0.05) is 12.6 Å². The number of rotatable bonds is 2. The predicted molar refractivity (Wildman–Crippen MR) is 68.8 cm³/mol. The average molecular weight is 284 g/mol. The summed E-state index contributed by atoms with van der Waals surface area (Å²) in [6.07, 6.45) is 0.562. The van der Waals surface area contributed by atoms with Gasteiger partial charge in [-0.2, -0.15) is 0 Å². The zero-order valence-corrected chi connectivity index (χ0v) is 11.2. The normalized spacial score (nSPS) is 24.7. The van der Waals surface area contributed by atoms with E-state index in [2.05, 4.69) is 5.32 Å². The molecule has 5 nitrogen and oxygen atoms in total. The van der Waals surface area contributed by atoms with E-state index in [9.17, 15) is 4.79 Å². The lowest BCUT2D eigenvalue weighted by molar-refractivity contribution is -0.141. The quantitative estimate of drug-likeness (QED) is 0.870. The number of carboxylic acid groups (broad SMARTS) is 1. The molecular formula is C13H14ClNO4. The Hall–Kier alpha value is -1.46. The molecule has 1 aromatic rings. The summed E-state index contributed by atoms with van der Waals surface area (Å²) < 4.78 is 10.8. The van der Waals surface area contributed by atoms with Gasteiger partial charge in [0.05, 0.1) is 10.9 Å². The van der Waals surface area contributed by atoms with Crippen LogP contribution < -0.4 is 14.8 Å². The van der Waals surface area contributed by atoms with Crippen LogP contribution in [0.25, 0.3) is 0 Å². The zero-order chi connectivity index (χ0) is 13.6. The average Bonchev–Trinajstić information content (AvgIpc) is 3.01. The van der Waals surface area contributed by atoms with E-state index in [4.69, 9.17) is 26.2 Å². The molecule has 0 bridgehead atoms. The monoisotopic (exact) mass is 283 g/mol. The highest BCUT2D eigenvalue weighted by molar-refractivity contribution is 6.32. The minimum atomic E-state index is -0.764. The van der Waals surface area contributed by atoms with Gasteiger partial charge in [0.1, 0.15) is 0 Å². The maximum absolute atomic E-state index is 11.0. The molecule has 0 amide bonds. The van der Waals surface area contributed by atoms with Crippen molar-refractivity contribution >= 4 is 17.6 Å². The first-order chi connectivity index (χ1) is 9.08. The predicted octanol–water partition coefficient (Wildman–Crippen LogP) is 2.11. The lowest BCUT2D eigenvalue weighted by Crippen LogP contribution is -2.17. The summed E-state index contributed by atoms with van der Waals surface area (Å²) in [5.41, 5.74) is 1.94. The van der Waals surface area contributed by atoms with Crippen LogP contribution in [0.3, 0.4) is 0 Å². The molecule has 0 aliphatic carbocycles. The number of aliphatic carboxylic acids is 1. The van der Waals surface area contributed by atoms with Gasteiger partial charge in [-0.25, -0.2) is 0 Å². The lowest BCUT2D eigenvalue weighted by Gasteiger charge is -2.16. The number of ether oxygens (including phenoxy) is 2. The van der Waals surface area contributed by atoms with Crippen molar-refractivity contribution in [2.45, 2.75) is 19.4 Å². The Morgan fingerprint density at radius 3 is 2.89 bits per heavy atom. The SMILES string of the molecule is Cc1c(C2CC(C(=O)O)CN2)cc(Cl)c2c1OCO2. The van der Waals surface area contributed by atoms with Crippen LogP contribution in [0.2, 0.25) is 5.02 Å². The smallest absolute Gasteiger partial charge is 0.307 e. The number of hydrogen-bond donors (Lipinski definition) is 2. The lowest BCUT2D eigenvalue weighted by atomic mass is 9.96. The minimum Gasteiger partial charge on any atom is -0.481 e. The van der Waals surface area contributed by atoms with Crippen LogP contribution in [0.4, 0.5) is 0 Å². The summed E-state index contributed by atoms with van der Waals surface area (Å²) in [4.78, 5) is 11.0. The number of hydrogen-bond acceptors (Lipinski definition) is 4. The first-order valence-electron chi connectivity index (χ1n) is 6.12. The van der Waals surface area contributed by atoms with Crippen molar-refractivity contribution in [1.82, 2.24) is 5.32 Å². The van der Waals surface area contributed by atoms with Crippen LogP contribution in [-0.2, 0) is 4.79 Å². The van der Waals surface area contributed by atoms with Crippen molar-refractivity contribution in [3.05, 3.63) is 22.2 Å². The molecule has 2 aliphatic heterocycles. The summed E-state index contributed by atoms with van der Waals surface area (Å²) in [7, 11) is 0. The molecule has 0 saturated carbocycles. The molecule has 0 spiro atoms. The maximum atomic E-state index is 11.0. The Morgan fingerprint density at radius 1 is 1.47 bits per heavy atom. The molecule has 3 rings (SSSR count). The minimum absolute atomic E-state index is 0.00639. The van der Waals surface area contributed by atoms with Gasteiger partial charge < -0.3 is 19.9 Å². The largest absolute Gasteiger partial charge is 0.481 e. The third kappa shape index (κ3) is 2.03. The van der Waals surface area contributed by atoms with E-state index < -0.39 is 5.97 Å². The molecule has 1 fully saturated rings. The van der Waals surface area contributed by atoms with Crippen LogP contribution >= 0.6 is 11.6 Å². The van der Waals surface area contributed by atoms with Crippen LogP contribution in [0.15, 0.2) is 6.07 Å². The molecule has 0 aromatic heterocycles. The van der Waals surface area contributed by atoms with E-state index in [1.54, 1.807) is 0 Å². The topological polar surface area (TPSA) is 67.8 Å². The number of halogens is 1. The fourth-order valence-corrected chi connectivity index (χ4v) is 2.96. The molecule has 2 unspecified atom stereocenters. The first-order valence-corrected chi connectivity index (χ1v) is 6.50. The third-order valence-corrected chi connectivity index (χ3v) is 4.02. The molecule has 2 heterocycles. The van der Waals surface area contributed by atoms with Crippen LogP contribution in [0, 0.1) is 12.8 Å². The second-order valence-corrected chi connectivity index (χ2v) is 5.28. The second-order valence-electron chi connectivity index (χ2n) is 4.87. The van der Waals surface area contributed by atoms with Crippen molar-refractivity contribution in [2.75, 3.05) is 13.3 Å². The molecular weight excluding hydrogens is 270 g/mol. The Labute approximate surface area is 115 Å².